The number of fused-ring (bicyclic) bond motifs is 13. The van der Waals surface area contributed by atoms with Crippen molar-refractivity contribution in [1.29, 1.82) is 36.8 Å². The molecular weight excluding hydrogens is 1000 g/mol. The molecule has 0 aliphatic rings. The number of para-hydroxylation sites is 3. The SMILES string of the molecule is N#Cc1ccc2c(c1)c1cc(C#N)ccc1n2-c1c(C#N)c(-c2ccc3c(c2)oc2ccccc23)c(-n2c3ccc(C#N)cc3c3cc(C#N)ccc32)c(-n2c3ccc(C#N)cc3c3cc(C#N)ccc32)c1-c1nc2ccccc2o1. The molecule has 0 amide bonds. The number of oxazole rings is 1. The molecule has 0 radical (unpaired) electrons. The van der Waals surface area contributed by atoms with E-state index in [1.807, 2.05) is 108 Å². The molecular formula is C68H29N11O2. The highest BCUT2D eigenvalue weighted by atomic mass is 16.3. The Morgan fingerprint density at radius 2 is 0.691 bits per heavy atom. The second kappa shape index (κ2) is 17.2. The van der Waals surface area contributed by atoms with E-state index in [9.17, 15) is 36.8 Å². The molecule has 368 valence electrons. The molecule has 15 rings (SSSR count). The van der Waals surface area contributed by atoms with Crippen LogP contribution >= 0.6 is 0 Å². The van der Waals surface area contributed by atoms with Crippen molar-refractivity contribution in [2.24, 2.45) is 0 Å². The predicted octanol–water partition coefficient (Wildman–Crippen LogP) is 15.5. The molecule has 0 fully saturated rings. The van der Waals surface area contributed by atoms with Crippen molar-refractivity contribution in [2.75, 3.05) is 0 Å². The summed E-state index contributed by atoms with van der Waals surface area (Å²) in [6.45, 7) is 0. The molecule has 0 bridgehead atoms. The van der Waals surface area contributed by atoms with Crippen molar-refractivity contribution in [3.05, 3.63) is 215 Å². The lowest BCUT2D eigenvalue weighted by Crippen LogP contribution is -2.14. The molecule has 15 aromatic rings. The smallest absolute Gasteiger partial charge is 0.231 e. The van der Waals surface area contributed by atoms with Gasteiger partial charge >= 0.3 is 0 Å². The van der Waals surface area contributed by atoms with Crippen LogP contribution in [0.4, 0.5) is 0 Å². The van der Waals surface area contributed by atoms with Crippen LogP contribution in [0.25, 0.3) is 138 Å². The van der Waals surface area contributed by atoms with Crippen LogP contribution in [0.15, 0.2) is 185 Å². The predicted molar refractivity (Wildman–Crippen MR) is 308 cm³/mol. The van der Waals surface area contributed by atoms with Crippen LogP contribution in [0.5, 0.6) is 0 Å². The van der Waals surface area contributed by atoms with Crippen molar-refractivity contribution >= 4 is 98.5 Å². The van der Waals surface area contributed by atoms with Gasteiger partial charge in [-0.25, -0.2) is 4.98 Å². The first-order chi connectivity index (χ1) is 39.8. The average Bonchev–Trinajstić information content (AvgIpc) is 2.35. The normalized spacial score (nSPS) is 11.4. The van der Waals surface area contributed by atoms with Crippen LogP contribution in [0.1, 0.15) is 38.9 Å². The van der Waals surface area contributed by atoms with Crippen LogP contribution in [0.2, 0.25) is 0 Å². The van der Waals surface area contributed by atoms with Gasteiger partial charge in [-0.3, -0.25) is 0 Å². The Hall–Kier alpha value is -12.7. The summed E-state index contributed by atoms with van der Waals surface area (Å²) < 4.78 is 19.8. The van der Waals surface area contributed by atoms with E-state index in [4.69, 9.17) is 13.8 Å². The van der Waals surface area contributed by atoms with Gasteiger partial charge in [0.2, 0.25) is 5.89 Å². The molecule has 0 saturated heterocycles. The van der Waals surface area contributed by atoms with E-state index in [1.54, 1.807) is 72.8 Å². The maximum absolute atomic E-state index is 12.6. The number of nitriles is 7. The zero-order valence-corrected chi connectivity index (χ0v) is 42.0. The number of rotatable bonds is 5. The first-order valence-corrected chi connectivity index (χ1v) is 25.4. The van der Waals surface area contributed by atoms with Crippen LogP contribution in [-0.4, -0.2) is 18.7 Å². The monoisotopic (exact) mass is 1030 g/mol. The summed E-state index contributed by atoms with van der Waals surface area (Å²) in [4.78, 5) is 5.32. The molecule has 0 saturated carbocycles. The third-order valence-corrected chi connectivity index (χ3v) is 15.4. The van der Waals surface area contributed by atoms with E-state index in [0.717, 1.165) is 10.8 Å². The van der Waals surface area contributed by atoms with E-state index in [2.05, 4.69) is 51.6 Å². The Morgan fingerprint density at radius 3 is 1.11 bits per heavy atom. The standard InChI is InChI=1S/C68H29N11O2/c69-30-37-9-17-54-46(23-37)47-24-38(31-70)10-18-55(47)77(54)65-52(36-75)63(43-15-16-45-44-5-1-3-7-60(44)80-62(45)29-43)66(78-56-19-11-39(32-71)25-48(56)49-26-40(33-72)12-20-57(49)78)67(64(65)68-76-53-6-2-4-8-61(53)81-68)79-58-21-13-41(34-73)27-50(58)51-28-42(35-74)14-22-59(51)79/h1-29H. The summed E-state index contributed by atoms with van der Waals surface area (Å²) in [5.41, 5.74) is 10.8. The summed E-state index contributed by atoms with van der Waals surface area (Å²) in [5.74, 6) is 0.118. The first-order valence-electron chi connectivity index (χ1n) is 25.4. The third kappa shape index (κ3) is 6.49. The molecule has 13 heteroatoms. The highest BCUT2D eigenvalue weighted by molar-refractivity contribution is 6.17. The molecule has 0 spiro atoms. The Kier molecular flexibility index (Phi) is 9.68. The molecule has 0 aliphatic heterocycles. The minimum atomic E-state index is 0.118. The number of furan rings is 1. The van der Waals surface area contributed by atoms with Gasteiger partial charge in [0, 0.05) is 48.7 Å². The van der Waals surface area contributed by atoms with Crippen molar-refractivity contribution in [2.45, 2.75) is 0 Å². The molecule has 0 aliphatic carbocycles. The fourth-order valence-corrected chi connectivity index (χ4v) is 12.0. The topological polar surface area (TPSA) is 220 Å². The van der Waals surface area contributed by atoms with E-state index in [1.165, 1.54) is 0 Å². The van der Waals surface area contributed by atoms with Gasteiger partial charge in [-0.1, -0.05) is 36.4 Å². The third-order valence-electron chi connectivity index (χ3n) is 15.4. The van der Waals surface area contributed by atoms with Gasteiger partial charge in [-0.05, 0) is 145 Å². The average molecular weight is 1030 g/mol. The number of hydrogen-bond donors (Lipinski definition) is 0. The van der Waals surface area contributed by atoms with Crippen molar-refractivity contribution in [3.8, 4) is 82.1 Å². The highest BCUT2D eigenvalue weighted by Crippen LogP contribution is 2.53. The summed E-state index contributed by atoms with van der Waals surface area (Å²) in [5, 5.41) is 80.8. The molecule has 0 unspecified atom stereocenters. The van der Waals surface area contributed by atoms with Gasteiger partial charge in [0.25, 0.3) is 0 Å². The van der Waals surface area contributed by atoms with E-state index >= 15 is 0 Å². The summed E-state index contributed by atoms with van der Waals surface area (Å²) in [6, 6.07) is 69.9. The Morgan fingerprint density at radius 1 is 0.309 bits per heavy atom. The molecule has 10 aromatic carbocycles. The van der Waals surface area contributed by atoms with Crippen LogP contribution in [-0.2, 0) is 0 Å². The number of nitrogens with zero attached hydrogens (tertiary/aromatic N) is 11. The van der Waals surface area contributed by atoms with Gasteiger partial charge in [0.15, 0.2) is 5.58 Å². The zero-order chi connectivity index (χ0) is 54.8. The number of hydrogen-bond acceptors (Lipinski definition) is 10. The first kappa shape index (κ1) is 45.7. The molecule has 5 heterocycles. The van der Waals surface area contributed by atoms with Gasteiger partial charge in [0.1, 0.15) is 22.8 Å². The summed E-state index contributed by atoms with van der Waals surface area (Å²) in [7, 11) is 0. The van der Waals surface area contributed by atoms with Crippen LogP contribution in [0, 0.1) is 79.3 Å². The molecule has 0 N–H and O–H groups in total. The van der Waals surface area contributed by atoms with Gasteiger partial charge < -0.3 is 22.5 Å². The van der Waals surface area contributed by atoms with Crippen LogP contribution in [0.3, 0.4) is 0 Å². The highest BCUT2D eigenvalue weighted by Gasteiger charge is 2.36. The number of benzene rings is 10. The van der Waals surface area contributed by atoms with E-state index < -0.39 is 0 Å². The van der Waals surface area contributed by atoms with Gasteiger partial charge in [-0.15, -0.1) is 0 Å². The Labute approximate surface area is 457 Å². The Balaban J connectivity index is 1.29. The quantitative estimate of drug-likeness (QED) is 0.159. The fourth-order valence-electron chi connectivity index (χ4n) is 12.0. The lowest BCUT2D eigenvalue weighted by atomic mass is 9.90. The molecule has 0 atom stereocenters. The van der Waals surface area contributed by atoms with Crippen molar-refractivity contribution < 1.29 is 8.83 Å². The molecule has 13 nitrogen and oxygen atoms in total. The van der Waals surface area contributed by atoms with Crippen LogP contribution < -0.4 is 0 Å². The van der Waals surface area contributed by atoms with E-state index in [-0.39, 0.29) is 11.5 Å². The maximum atomic E-state index is 12.6. The largest absolute Gasteiger partial charge is 0.456 e. The van der Waals surface area contributed by atoms with Crippen molar-refractivity contribution in [3.63, 3.8) is 0 Å². The minimum Gasteiger partial charge on any atom is -0.456 e. The number of aromatic nitrogens is 4. The van der Waals surface area contributed by atoms with Gasteiger partial charge in [-0.2, -0.15) is 36.8 Å². The lowest BCUT2D eigenvalue weighted by Gasteiger charge is -2.27. The second-order valence-electron chi connectivity index (χ2n) is 19.6. The molecule has 5 aromatic heterocycles. The van der Waals surface area contributed by atoms with E-state index in [0.29, 0.717) is 155 Å². The zero-order valence-electron chi connectivity index (χ0n) is 42.0. The second-order valence-corrected chi connectivity index (χ2v) is 19.6. The van der Waals surface area contributed by atoms with Gasteiger partial charge in [0.05, 0.1) is 131 Å². The summed E-state index contributed by atoms with van der Waals surface area (Å²) >= 11 is 0. The minimum absolute atomic E-state index is 0.118. The molecule has 81 heavy (non-hydrogen) atoms. The fraction of sp³-hybridized carbons (Fsp3) is 0. The Bertz CT molecular complexity index is 5470. The maximum Gasteiger partial charge on any atom is 0.231 e. The van der Waals surface area contributed by atoms with Crippen molar-refractivity contribution in [1.82, 2.24) is 18.7 Å². The summed E-state index contributed by atoms with van der Waals surface area (Å²) in [6.07, 6.45) is 0. The lowest BCUT2D eigenvalue weighted by molar-refractivity contribution is 0.619.